The van der Waals surface area contributed by atoms with E-state index in [0.717, 1.165) is 18.7 Å². The predicted octanol–water partition coefficient (Wildman–Crippen LogP) is 5.93. The zero-order valence-electron chi connectivity index (χ0n) is 22.3. The molecule has 0 aliphatic carbocycles. The first kappa shape index (κ1) is 28.6. The first-order chi connectivity index (χ1) is 18.5. The molecule has 10 heteroatoms. The standard InChI is InChI=1S/C29H32F3N4O2P/c1-5-36(6-2)13-12-33-28(38)24-17(4)34-23(26(24)29(31,32)39)15-20-25-19(8-7-9-22(25)35-27(20)37)18-11-10-16(3)14-21(18)30/h7-11,14-15,34H,5-6,12-13,39H2,1-4H3,(H,33,38)(H,35,37)/b20-15-. The summed E-state index contributed by atoms with van der Waals surface area (Å²) in [5.41, 5.74) is -1.58. The molecule has 1 atom stereocenters. The summed E-state index contributed by atoms with van der Waals surface area (Å²) in [5, 5.41) is 5.48. The van der Waals surface area contributed by atoms with Gasteiger partial charge in [0.2, 0.25) is 0 Å². The number of alkyl halides is 2. The van der Waals surface area contributed by atoms with Crippen LogP contribution >= 0.6 is 9.24 Å². The number of benzene rings is 2. The Labute approximate surface area is 228 Å². The van der Waals surface area contributed by atoms with Crippen molar-refractivity contribution in [1.82, 2.24) is 15.2 Å². The summed E-state index contributed by atoms with van der Waals surface area (Å²) in [4.78, 5) is 31.1. The second kappa shape index (κ2) is 11.4. The molecule has 1 aliphatic heterocycles. The minimum absolute atomic E-state index is 0.0708. The van der Waals surface area contributed by atoms with Crippen molar-refractivity contribution in [2.24, 2.45) is 0 Å². The minimum atomic E-state index is -3.47. The number of hydrogen-bond donors (Lipinski definition) is 3. The Morgan fingerprint density at radius 3 is 2.49 bits per heavy atom. The number of aryl methyl sites for hydroxylation is 2. The number of fused-ring (bicyclic) bond motifs is 1. The van der Waals surface area contributed by atoms with Gasteiger partial charge in [-0.2, -0.15) is 8.78 Å². The van der Waals surface area contributed by atoms with Crippen LogP contribution in [0.3, 0.4) is 0 Å². The van der Waals surface area contributed by atoms with Gasteiger partial charge in [-0.05, 0) is 56.3 Å². The van der Waals surface area contributed by atoms with Crippen molar-refractivity contribution in [2.45, 2.75) is 33.4 Å². The molecule has 2 amide bonds. The van der Waals surface area contributed by atoms with Crippen molar-refractivity contribution in [3.05, 3.63) is 75.9 Å². The Balaban J connectivity index is 1.80. The molecule has 4 rings (SSSR count). The molecule has 3 aromatic rings. The Kier molecular flexibility index (Phi) is 8.33. The average molecular weight is 557 g/mol. The predicted molar refractivity (Wildman–Crippen MR) is 152 cm³/mol. The largest absolute Gasteiger partial charge is 0.358 e. The Hall–Kier alpha value is -3.42. The van der Waals surface area contributed by atoms with Crippen molar-refractivity contribution in [3.8, 4) is 11.1 Å². The smallest absolute Gasteiger partial charge is 0.286 e. The Morgan fingerprint density at radius 1 is 1.13 bits per heavy atom. The maximum absolute atomic E-state index is 15.0. The van der Waals surface area contributed by atoms with Gasteiger partial charge in [0.05, 0.1) is 16.7 Å². The molecular formula is C29H32F3N4O2P. The highest BCUT2D eigenvalue weighted by molar-refractivity contribution is 7.17. The number of aromatic amines is 1. The second-order valence-corrected chi connectivity index (χ2v) is 10.3. The summed E-state index contributed by atoms with van der Waals surface area (Å²) >= 11 is 0. The van der Waals surface area contributed by atoms with Gasteiger partial charge in [-0.3, -0.25) is 9.59 Å². The molecule has 1 unspecified atom stereocenters. The topological polar surface area (TPSA) is 77.2 Å². The number of rotatable bonds is 9. The second-order valence-electron chi connectivity index (χ2n) is 9.54. The van der Waals surface area contributed by atoms with Crippen LogP contribution in [-0.2, 0) is 10.5 Å². The van der Waals surface area contributed by atoms with Gasteiger partial charge >= 0.3 is 0 Å². The van der Waals surface area contributed by atoms with Gasteiger partial charge in [-0.25, -0.2) is 4.39 Å². The molecule has 0 saturated carbocycles. The highest BCUT2D eigenvalue weighted by Gasteiger charge is 2.37. The molecule has 6 nitrogen and oxygen atoms in total. The van der Waals surface area contributed by atoms with Crippen LogP contribution in [-0.4, -0.2) is 47.9 Å². The number of anilines is 1. The number of aromatic nitrogens is 1. The number of hydrogen-bond acceptors (Lipinski definition) is 3. The van der Waals surface area contributed by atoms with E-state index < -0.39 is 28.9 Å². The van der Waals surface area contributed by atoms with E-state index in [1.54, 1.807) is 37.3 Å². The summed E-state index contributed by atoms with van der Waals surface area (Å²) in [5.74, 6) is -1.60. The zero-order chi connectivity index (χ0) is 28.5. The van der Waals surface area contributed by atoms with E-state index in [1.165, 1.54) is 28.3 Å². The molecule has 206 valence electrons. The molecule has 39 heavy (non-hydrogen) atoms. The molecule has 1 aliphatic rings. The third-order valence-corrected chi connectivity index (χ3v) is 7.20. The molecule has 0 radical (unpaired) electrons. The van der Waals surface area contributed by atoms with Crippen LogP contribution in [0.4, 0.5) is 18.9 Å². The van der Waals surface area contributed by atoms with Gasteiger partial charge < -0.3 is 20.5 Å². The summed E-state index contributed by atoms with van der Waals surface area (Å²) < 4.78 is 44.9. The third kappa shape index (κ3) is 5.80. The maximum atomic E-state index is 15.0. The van der Waals surface area contributed by atoms with Crippen LogP contribution in [0.5, 0.6) is 0 Å². The van der Waals surface area contributed by atoms with Gasteiger partial charge in [0.1, 0.15) is 5.82 Å². The van der Waals surface area contributed by atoms with Gasteiger partial charge in [-0.15, -0.1) is 0 Å². The molecule has 0 bridgehead atoms. The third-order valence-electron chi connectivity index (χ3n) is 6.91. The molecule has 0 fully saturated rings. The van der Waals surface area contributed by atoms with E-state index in [0.29, 0.717) is 29.9 Å². The van der Waals surface area contributed by atoms with Crippen molar-refractivity contribution >= 4 is 38.4 Å². The number of H-pyrrole nitrogens is 1. The molecule has 0 spiro atoms. The van der Waals surface area contributed by atoms with Gasteiger partial charge in [0.15, 0.2) is 0 Å². The van der Waals surface area contributed by atoms with E-state index in [1.807, 2.05) is 13.8 Å². The van der Waals surface area contributed by atoms with E-state index in [2.05, 4.69) is 20.5 Å². The lowest BCUT2D eigenvalue weighted by Crippen LogP contribution is -2.35. The van der Waals surface area contributed by atoms with Gasteiger partial charge in [-0.1, -0.05) is 47.4 Å². The lowest BCUT2D eigenvalue weighted by Gasteiger charge is -2.18. The molecular weight excluding hydrogens is 524 g/mol. The minimum Gasteiger partial charge on any atom is -0.358 e. The van der Waals surface area contributed by atoms with Gasteiger partial charge in [0, 0.05) is 41.3 Å². The first-order valence-corrected chi connectivity index (χ1v) is 13.4. The van der Waals surface area contributed by atoms with E-state index in [4.69, 9.17) is 0 Å². The van der Waals surface area contributed by atoms with E-state index in [9.17, 15) is 22.8 Å². The van der Waals surface area contributed by atoms with Crippen molar-refractivity contribution in [2.75, 3.05) is 31.5 Å². The Bertz CT molecular complexity index is 1460. The number of carbonyl (C=O) groups excluding carboxylic acids is 2. The van der Waals surface area contributed by atoms with Gasteiger partial charge in [0.25, 0.3) is 17.5 Å². The van der Waals surface area contributed by atoms with E-state index in [-0.39, 0.29) is 28.1 Å². The number of nitrogens with zero attached hydrogens (tertiary/aromatic N) is 1. The van der Waals surface area contributed by atoms with Crippen molar-refractivity contribution < 1.29 is 22.8 Å². The summed E-state index contributed by atoms with van der Waals surface area (Å²) in [6.07, 6.45) is 1.31. The molecule has 3 N–H and O–H groups in total. The van der Waals surface area contributed by atoms with Crippen molar-refractivity contribution in [1.29, 1.82) is 0 Å². The molecule has 2 heterocycles. The summed E-state index contributed by atoms with van der Waals surface area (Å²) in [7, 11) is 1.48. The van der Waals surface area contributed by atoms with Crippen LogP contribution in [0.25, 0.3) is 22.8 Å². The number of carbonyl (C=O) groups is 2. The highest BCUT2D eigenvalue weighted by Crippen LogP contribution is 2.44. The summed E-state index contributed by atoms with van der Waals surface area (Å²) in [6, 6.07) is 9.83. The lowest BCUT2D eigenvalue weighted by atomic mass is 9.93. The fourth-order valence-electron chi connectivity index (χ4n) is 4.94. The fourth-order valence-corrected chi connectivity index (χ4v) is 5.24. The first-order valence-electron chi connectivity index (χ1n) is 12.8. The number of halogens is 3. The fraction of sp³-hybridized carbons (Fsp3) is 0.310. The van der Waals surface area contributed by atoms with Crippen LogP contribution in [0.1, 0.15) is 52.3 Å². The molecule has 2 aromatic carbocycles. The number of nitrogens with one attached hydrogen (secondary N) is 3. The molecule has 1 aromatic heterocycles. The summed E-state index contributed by atoms with van der Waals surface area (Å²) in [6.45, 7) is 9.81. The zero-order valence-corrected chi connectivity index (χ0v) is 23.5. The Morgan fingerprint density at radius 2 is 1.85 bits per heavy atom. The van der Waals surface area contributed by atoms with Crippen LogP contribution < -0.4 is 10.6 Å². The van der Waals surface area contributed by atoms with Crippen LogP contribution in [0.15, 0.2) is 36.4 Å². The van der Waals surface area contributed by atoms with Crippen LogP contribution in [0.2, 0.25) is 0 Å². The number of likely N-dealkylation sites (N-methyl/N-ethyl adjacent to an activating group) is 1. The maximum Gasteiger partial charge on any atom is 0.286 e. The SMILES string of the molecule is CCN(CC)CCNC(=O)c1c(C)[nH]c(/C=C2\C(=O)Nc3cccc(-c4ccc(C)cc4F)c32)c1C(F)(F)P. The molecule has 0 saturated heterocycles. The lowest BCUT2D eigenvalue weighted by molar-refractivity contribution is -0.110. The highest BCUT2D eigenvalue weighted by atomic mass is 31.0. The monoisotopic (exact) mass is 556 g/mol. The average Bonchev–Trinajstić information content (AvgIpc) is 3.37. The quantitative estimate of drug-likeness (QED) is 0.226. The van der Waals surface area contributed by atoms with Crippen LogP contribution in [0, 0.1) is 19.7 Å². The number of amides is 2. The normalized spacial score (nSPS) is 14.2. The van der Waals surface area contributed by atoms with Crippen molar-refractivity contribution in [3.63, 3.8) is 0 Å². The van der Waals surface area contributed by atoms with E-state index >= 15 is 0 Å².